The van der Waals surface area contributed by atoms with Gasteiger partial charge in [0.1, 0.15) is 35.1 Å². The molecule has 30 heteroatoms. The number of nitrogens with zero attached hydrogens (tertiary/aromatic N) is 2. The maximum Gasteiger partial charge on any atom is 0.281 e. The Hall–Kier alpha value is -7.52. The van der Waals surface area contributed by atoms with Crippen molar-refractivity contribution in [1.82, 2.24) is 23.7 Å². The zero-order valence-electron chi connectivity index (χ0n) is 41.7. The largest absolute Gasteiger partial charge is 0.340 e. The van der Waals surface area contributed by atoms with Crippen LogP contribution in [0.25, 0.3) is 21.5 Å². The summed E-state index contributed by atoms with van der Waals surface area (Å²) in [5.41, 5.74) is 2.51. The van der Waals surface area contributed by atoms with Crippen LogP contribution in [0.3, 0.4) is 0 Å². The van der Waals surface area contributed by atoms with E-state index in [1.165, 1.54) is 54.6 Å². The van der Waals surface area contributed by atoms with Crippen molar-refractivity contribution in [3.8, 4) is 10.6 Å². The van der Waals surface area contributed by atoms with Gasteiger partial charge in [-0.2, -0.15) is 0 Å². The van der Waals surface area contributed by atoms with E-state index in [1.807, 2.05) is 34.9 Å². The summed E-state index contributed by atoms with van der Waals surface area (Å²) in [6.07, 6.45) is 1.60. The van der Waals surface area contributed by atoms with Crippen LogP contribution in [-0.2, 0) is 72.6 Å². The highest BCUT2D eigenvalue weighted by Crippen LogP contribution is 2.28. The first kappa shape index (κ1) is 60.7. The number of thiophene rings is 1. The van der Waals surface area contributed by atoms with Crippen molar-refractivity contribution in [3.63, 3.8) is 0 Å². The Labute approximate surface area is 459 Å². The van der Waals surface area contributed by atoms with E-state index in [2.05, 4.69) is 4.98 Å². The second-order valence-corrected chi connectivity index (χ2v) is 28.3. The molecule has 8 aromatic rings. The van der Waals surface area contributed by atoms with Gasteiger partial charge in [0.05, 0.1) is 15.4 Å². The maximum absolute atomic E-state index is 12.5. The molecule has 0 radical (unpaired) electrons. The zero-order valence-corrected chi connectivity index (χ0v) is 47.4. The van der Waals surface area contributed by atoms with Gasteiger partial charge < -0.3 is 4.57 Å². The summed E-state index contributed by atoms with van der Waals surface area (Å²) in [7, 11) is -24.5. The molecule has 0 bridgehead atoms. The van der Waals surface area contributed by atoms with E-state index in [0.29, 0.717) is 10.6 Å². The number of para-hydroxylation sites is 1. The van der Waals surface area contributed by atoms with Crippen molar-refractivity contribution < 1.29 is 64.9 Å². The molecule has 8 rings (SSSR count). The Kier molecular flexibility index (Phi) is 18.0. The number of carbonyl (C=O) groups excluding carboxylic acids is 3. The van der Waals surface area contributed by atoms with Gasteiger partial charge in [-0.15, -0.1) is 11.3 Å². The summed E-state index contributed by atoms with van der Waals surface area (Å²) in [6.45, 7) is 6.03. The van der Waals surface area contributed by atoms with Gasteiger partial charge in [-0.05, 0) is 95.9 Å². The third kappa shape index (κ3) is 15.0. The molecule has 23 nitrogen and oxygen atoms in total. The van der Waals surface area contributed by atoms with Crippen molar-refractivity contribution in [1.29, 1.82) is 0 Å². The van der Waals surface area contributed by atoms with Gasteiger partial charge in [0.2, 0.25) is 30.1 Å². The van der Waals surface area contributed by atoms with E-state index in [9.17, 15) is 64.9 Å². The summed E-state index contributed by atoms with van der Waals surface area (Å²) >= 11 is 1.06. The van der Waals surface area contributed by atoms with E-state index < -0.39 is 107 Å². The highest BCUT2D eigenvalue weighted by atomic mass is 32.2. The van der Waals surface area contributed by atoms with Crippen molar-refractivity contribution in [2.45, 2.75) is 55.6 Å². The van der Waals surface area contributed by atoms with Crippen LogP contribution in [0.4, 0.5) is 0 Å². The summed E-state index contributed by atoms with van der Waals surface area (Å²) < 4.78 is 152. The smallest absolute Gasteiger partial charge is 0.281 e. The lowest BCUT2D eigenvalue weighted by Crippen LogP contribution is -2.33. The molecule has 0 atom stereocenters. The molecule has 0 aliphatic carbocycles. The molecule has 0 unspecified atom stereocenters. The Morgan fingerprint density at radius 1 is 0.481 bits per heavy atom. The van der Waals surface area contributed by atoms with Crippen LogP contribution in [0.5, 0.6) is 0 Å². The monoisotopic (exact) mass is 1210 g/mol. The van der Waals surface area contributed by atoms with Gasteiger partial charge in [0.15, 0.2) is 0 Å². The number of nitrogens with two attached hydrogens (primary N) is 3. The number of amides is 3. The first-order valence-corrected chi connectivity index (χ1v) is 32.3. The summed E-state index contributed by atoms with van der Waals surface area (Å²) in [5, 5.41) is 15.9. The predicted molar refractivity (Wildman–Crippen MR) is 293 cm³/mol. The van der Waals surface area contributed by atoms with Crippen LogP contribution in [-0.4, -0.2) is 77.8 Å². The Morgan fingerprint density at radius 3 is 1.30 bits per heavy atom. The molecular weight excluding hydrogens is 1170 g/mol. The predicted octanol–water partition coefficient (Wildman–Crippen LogP) is 4.27. The van der Waals surface area contributed by atoms with Gasteiger partial charge in [-0.1, -0.05) is 93.6 Å². The number of rotatable bonds is 13. The molecule has 0 spiro atoms. The number of fused-ring (bicyclic) bond motifs is 1. The highest BCUT2D eigenvalue weighted by molar-refractivity contribution is 7.93. The fourth-order valence-corrected chi connectivity index (χ4v) is 15.1. The van der Waals surface area contributed by atoms with Crippen LogP contribution in [0, 0.1) is 0 Å². The number of carbonyl (C=O) groups is 3. The number of sulfonamides is 6. The zero-order chi connectivity index (χ0) is 58.5. The Morgan fingerprint density at radius 2 is 0.886 bits per heavy atom. The molecule has 3 aromatic heterocycles. The number of pyridine rings is 1. The third-order valence-electron chi connectivity index (χ3n) is 11.0. The summed E-state index contributed by atoms with van der Waals surface area (Å²) in [5.74, 6) is -2.63. The molecule has 3 amide bonds. The van der Waals surface area contributed by atoms with Gasteiger partial charge in [-0.3, -0.25) is 19.4 Å². The molecule has 0 aliphatic rings. The Balaban J connectivity index is 0.000000191. The van der Waals surface area contributed by atoms with Crippen molar-refractivity contribution in [2.75, 3.05) is 0 Å². The minimum absolute atomic E-state index is 0.114. The number of hydrogen-bond acceptors (Lipinski definition) is 17. The molecule has 79 heavy (non-hydrogen) atoms. The summed E-state index contributed by atoms with van der Waals surface area (Å²) in [6, 6.07) is 38.0. The fourth-order valence-electron chi connectivity index (χ4n) is 7.15. The van der Waals surface area contributed by atoms with E-state index in [-0.39, 0.29) is 21.5 Å². The second-order valence-electron chi connectivity index (χ2n) is 17.6. The molecular formula is C49H48N8O15S7. The molecule has 0 aliphatic heterocycles. The second kappa shape index (κ2) is 23.4. The third-order valence-corrected chi connectivity index (χ3v) is 19.5. The van der Waals surface area contributed by atoms with Crippen LogP contribution in [0.15, 0.2) is 193 Å². The first-order chi connectivity index (χ1) is 36.6. The van der Waals surface area contributed by atoms with E-state index in [4.69, 9.17) is 15.4 Å². The topological polar surface area (TPSA) is 388 Å². The number of primary sulfonamides is 3. The number of benzene rings is 5. The molecule has 0 saturated heterocycles. The van der Waals surface area contributed by atoms with E-state index >= 15 is 0 Å². The minimum atomic E-state index is -4.45. The van der Waals surface area contributed by atoms with Crippen LogP contribution in [0.1, 0.15) is 56.9 Å². The van der Waals surface area contributed by atoms with E-state index in [0.717, 1.165) is 64.2 Å². The van der Waals surface area contributed by atoms with Crippen LogP contribution < -0.4 is 29.6 Å². The SMILES string of the molecule is CC(C)(C)c1ccc(C(=O)NS(=O)(=O)c2ccccc2S(N)(=O)=O)cc1.Cn1c(C(=O)NS(=O)(=O)c2ccccc2S(N)(=O)=O)cc2ccccc21.NS(=O)(=O)c1ccccc1S(=O)(=O)NC(=O)c1ccc(-c2ccccn2)s1. The fraction of sp³-hybridized carbons (Fsp3) is 0.102. The van der Waals surface area contributed by atoms with Gasteiger partial charge in [0.25, 0.3) is 47.8 Å². The molecule has 0 saturated carbocycles. The van der Waals surface area contributed by atoms with Crippen molar-refractivity contribution in [3.05, 3.63) is 186 Å². The lowest BCUT2D eigenvalue weighted by atomic mass is 9.87. The lowest BCUT2D eigenvalue weighted by molar-refractivity contribution is 0.0967. The molecule has 9 N–H and O–H groups in total. The number of nitrogens with one attached hydrogen (secondary N) is 3. The van der Waals surface area contributed by atoms with Crippen LogP contribution >= 0.6 is 11.3 Å². The van der Waals surface area contributed by atoms with Crippen molar-refractivity contribution in [2.24, 2.45) is 22.5 Å². The minimum Gasteiger partial charge on any atom is -0.340 e. The van der Waals surface area contributed by atoms with Crippen LogP contribution in [0.2, 0.25) is 0 Å². The first-order valence-electron chi connectivity index (χ1n) is 22.3. The molecule has 3 heterocycles. The average Bonchev–Trinajstić information content (AvgIpc) is 4.02. The molecule has 0 fully saturated rings. The number of aryl methyl sites for hydroxylation is 1. The average molecular weight is 1210 g/mol. The standard InChI is InChI=1S/C17H20N2O5S2.C16H13N3O5S3.C16H15N3O5S2/c1-17(2,3)13-10-8-12(9-11-13)16(20)19-26(23,24)15-7-5-4-6-14(15)25(18,21)22;17-26(21,22)14-6-1-2-7-15(14)27(23,24)19-16(20)13-9-8-12(25-13)11-5-3-4-10-18-11;1-19-12-7-3-2-6-11(12)10-13(19)16(20)18-26(23,24)15-9-5-4-8-14(15)25(17,21)22/h4-11H,1-3H3,(H,19,20)(H2,18,21,22);1-10H,(H,19,20)(H2,17,21,22);2-10H,1H3,(H,18,20)(H2,17,21,22). The summed E-state index contributed by atoms with van der Waals surface area (Å²) in [4.78, 5) is 38.6. The maximum atomic E-state index is 12.5. The lowest BCUT2D eigenvalue weighted by Gasteiger charge is -2.19. The Bertz CT molecular complexity index is 4360. The molecule has 416 valence electrons. The van der Waals surface area contributed by atoms with Gasteiger partial charge in [0, 0.05) is 29.7 Å². The number of hydrogen-bond donors (Lipinski definition) is 6. The highest BCUT2D eigenvalue weighted by Gasteiger charge is 2.30. The van der Waals surface area contributed by atoms with Gasteiger partial charge in [-0.25, -0.2) is 80.1 Å². The number of aromatic nitrogens is 2. The van der Waals surface area contributed by atoms with E-state index in [1.54, 1.807) is 84.5 Å². The quantitative estimate of drug-likeness (QED) is 0.0938. The normalized spacial score (nSPS) is 12.2. The molecule has 5 aromatic carbocycles. The van der Waals surface area contributed by atoms with Gasteiger partial charge >= 0.3 is 0 Å². The van der Waals surface area contributed by atoms with Crippen molar-refractivity contribution >= 4 is 100 Å².